The Hall–Kier alpha value is -1.55. The van der Waals surface area contributed by atoms with Crippen molar-refractivity contribution >= 4 is 17.0 Å². The molecule has 0 spiro atoms. The van der Waals surface area contributed by atoms with Gasteiger partial charge in [0.1, 0.15) is 10.8 Å². The monoisotopic (exact) mass is 290 g/mol. The first-order valence-electron chi connectivity index (χ1n) is 6.91. The summed E-state index contributed by atoms with van der Waals surface area (Å²) in [7, 11) is 0. The quantitative estimate of drug-likeness (QED) is 0.883. The van der Waals surface area contributed by atoms with Gasteiger partial charge >= 0.3 is 0 Å². The van der Waals surface area contributed by atoms with E-state index in [1.165, 1.54) is 0 Å². The molecule has 0 unspecified atom stereocenters. The van der Waals surface area contributed by atoms with E-state index in [1.54, 1.807) is 11.3 Å². The van der Waals surface area contributed by atoms with Gasteiger partial charge in [0.25, 0.3) is 0 Å². The minimum absolute atomic E-state index is 0.109. The molecule has 108 valence electrons. The van der Waals surface area contributed by atoms with Crippen molar-refractivity contribution in [1.29, 1.82) is 0 Å². The first-order chi connectivity index (χ1) is 9.50. The van der Waals surface area contributed by atoms with Gasteiger partial charge in [-0.3, -0.25) is 0 Å². The highest BCUT2D eigenvalue weighted by molar-refractivity contribution is 7.09. The summed E-state index contributed by atoms with van der Waals surface area (Å²) in [6.07, 6.45) is 0. The van der Waals surface area contributed by atoms with Gasteiger partial charge in [0.15, 0.2) is 0 Å². The SMILES string of the molecule is CCOc1ccccc1NCc1nc(C(C)(C)C)cs1. The van der Waals surface area contributed by atoms with Gasteiger partial charge in [-0.05, 0) is 19.1 Å². The van der Waals surface area contributed by atoms with E-state index in [-0.39, 0.29) is 5.41 Å². The Labute approximate surface area is 125 Å². The van der Waals surface area contributed by atoms with Gasteiger partial charge in [-0.2, -0.15) is 0 Å². The molecule has 0 saturated heterocycles. The summed E-state index contributed by atoms with van der Waals surface area (Å²) in [6.45, 7) is 9.94. The molecule has 2 aromatic rings. The van der Waals surface area contributed by atoms with Crippen molar-refractivity contribution in [2.45, 2.75) is 39.7 Å². The third-order valence-corrected chi connectivity index (χ3v) is 3.79. The number of aromatic nitrogens is 1. The zero-order chi connectivity index (χ0) is 14.6. The minimum atomic E-state index is 0.109. The van der Waals surface area contributed by atoms with Crippen LogP contribution in [0.25, 0.3) is 0 Å². The summed E-state index contributed by atoms with van der Waals surface area (Å²) < 4.78 is 5.61. The zero-order valence-corrected chi connectivity index (χ0v) is 13.4. The van der Waals surface area contributed by atoms with Crippen LogP contribution in [-0.4, -0.2) is 11.6 Å². The van der Waals surface area contributed by atoms with Crippen LogP contribution in [0.5, 0.6) is 5.75 Å². The van der Waals surface area contributed by atoms with Crippen LogP contribution in [0.15, 0.2) is 29.6 Å². The normalized spacial score (nSPS) is 11.4. The predicted octanol–water partition coefficient (Wildman–Crippen LogP) is 4.45. The molecule has 20 heavy (non-hydrogen) atoms. The van der Waals surface area contributed by atoms with Gasteiger partial charge in [-0.1, -0.05) is 32.9 Å². The van der Waals surface area contributed by atoms with Crippen LogP contribution in [0.3, 0.4) is 0 Å². The smallest absolute Gasteiger partial charge is 0.142 e. The van der Waals surface area contributed by atoms with Gasteiger partial charge in [0, 0.05) is 10.8 Å². The van der Waals surface area contributed by atoms with Crippen molar-refractivity contribution < 1.29 is 4.74 Å². The summed E-state index contributed by atoms with van der Waals surface area (Å²) in [5, 5.41) is 6.64. The van der Waals surface area contributed by atoms with Crippen LogP contribution in [-0.2, 0) is 12.0 Å². The highest BCUT2D eigenvalue weighted by Gasteiger charge is 2.17. The average molecular weight is 290 g/mol. The number of nitrogens with zero attached hydrogens (tertiary/aromatic N) is 1. The third-order valence-electron chi connectivity index (χ3n) is 2.94. The number of benzene rings is 1. The predicted molar refractivity (Wildman–Crippen MR) is 85.8 cm³/mol. The Kier molecular flexibility index (Phi) is 4.65. The lowest BCUT2D eigenvalue weighted by molar-refractivity contribution is 0.341. The van der Waals surface area contributed by atoms with E-state index >= 15 is 0 Å². The molecule has 0 bridgehead atoms. The van der Waals surface area contributed by atoms with Crippen molar-refractivity contribution in [2.24, 2.45) is 0 Å². The van der Waals surface area contributed by atoms with Crippen LogP contribution < -0.4 is 10.1 Å². The van der Waals surface area contributed by atoms with Crippen molar-refractivity contribution in [3.63, 3.8) is 0 Å². The van der Waals surface area contributed by atoms with E-state index in [9.17, 15) is 0 Å². The minimum Gasteiger partial charge on any atom is -0.492 e. The fraction of sp³-hybridized carbons (Fsp3) is 0.438. The largest absolute Gasteiger partial charge is 0.492 e. The van der Waals surface area contributed by atoms with E-state index in [1.807, 2.05) is 31.2 Å². The van der Waals surface area contributed by atoms with Crippen molar-refractivity contribution in [1.82, 2.24) is 4.98 Å². The Morgan fingerprint density at radius 3 is 2.65 bits per heavy atom. The Morgan fingerprint density at radius 2 is 2.00 bits per heavy atom. The highest BCUT2D eigenvalue weighted by atomic mass is 32.1. The van der Waals surface area contributed by atoms with Gasteiger partial charge < -0.3 is 10.1 Å². The van der Waals surface area contributed by atoms with Crippen LogP contribution in [0.1, 0.15) is 38.4 Å². The fourth-order valence-corrected chi connectivity index (χ4v) is 2.76. The first kappa shape index (κ1) is 14.9. The van der Waals surface area contributed by atoms with Crippen LogP contribution >= 0.6 is 11.3 Å². The number of rotatable bonds is 5. The van der Waals surface area contributed by atoms with Crippen molar-refractivity contribution in [2.75, 3.05) is 11.9 Å². The van der Waals surface area contributed by atoms with Crippen LogP contribution in [0, 0.1) is 0 Å². The number of hydrogen-bond donors (Lipinski definition) is 1. The maximum absolute atomic E-state index is 5.61. The molecule has 0 fully saturated rings. The molecule has 0 amide bonds. The molecule has 1 aromatic carbocycles. The van der Waals surface area contributed by atoms with Gasteiger partial charge in [-0.25, -0.2) is 4.98 Å². The molecule has 0 aliphatic heterocycles. The number of nitrogens with one attached hydrogen (secondary N) is 1. The van der Waals surface area contributed by atoms with Gasteiger partial charge in [-0.15, -0.1) is 11.3 Å². The molecule has 0 radical (unpaired) electrons. The maximum Gasteiger partial charge on any atom is 0.142 e. The first-order valence-corrected chi connectivity index (χ1v) is 7.79. The standard InChI is InChI=1S/C16H22N2OS/c1-5-19-13-9-7-6-8-12(13)17-10-15-18-14(11-20-15)16(2,3)4/h6-9,11,17H,5,10H2,1-4H3. The van der Waals surface area contributed by atoms with Crippen molar-refractivity contribution in [3.05, 3.63) is 40.3 Å². The second kappa shape index (κ2) is 6.27. The van der Waals surface area contributed by atoms with Crippen molar-refractivity contribution in [3.8, 4) is 5.75 Å². The van der Waals surface area contributed by atoms with E-state index < -0.39 is 0 Å². The van der Waals surface area contributed by atoms with Gasteiger partial charge in [0.2, 0.25) is 0 Å². The molecule has 1 aromatic heterocycles. The maximum atomic E-state index is 5.61. The summed E-state index contributed by atoms with van der Waals surface area (Å²) in [5.41, 5.74) is 2.28. The molecule has 0 aliphatic rings. The number of anilines is 1. The Morgan fingerprint density at radius 1 is 1.25 bits per heavy atom. The molecule has 4 heteroatoms. The molecular formula is C16H22N2OS. The van der Waals surface area contributed by atoms with E-state index in [0.717, 1.165) is 28.7 Å². The Balaban J connectivity index is 2.04. The average Bonchev–Trinajstić information content (AvgIpc) is 2.87. The highest BCUT2D eigenvalue weighted by Crippen LogP contribution is 2.26. The summed E-state index contributed by atoms with van der Waals surface area (Å²) in [4.78, 5) is 4.69. The lowest BCUT2D eigenvalue weighted by atomic mass is 9.93. The van der Waals surface area contributed by atoms with E-state index in [4.69, 9.17) is 4.74 Å². The second-order valence-electron chi connectivity index (χ2n) is 5.66. The second-order valence-corrected chi connectivity index (χ2v) is 6.60. The molecule has 2 rings (SSSR count). The third kappa shape index (κ3) is 3.73. The number of para-hydroxylation sites is 2. The molecule has 0 atom stereocenters. The molecular weight excluding hydrogens is 268 g/mol. The van der Waals surface area contributed by atoms with Gasteiger partial charge in [0.05, 0.1) is 24.5 Å². The van der Waals surface area contributed by atoms with Crippen LogP contribution in [0.2, 0.25) is 0 Å². The molecule has 3 nitrogen and oxygen atoms in total. The summed E-state index contributed by atoms with van der Waals surface area (Å²) in [5.74, 6) is 0.891. The number of hydrogen-bond acceptors (Lipinski definition) is 4. The molecule has 0 saturated carbocycles. The molecule has 1 heterocycles. The number of thiazole rings is 1. The van der Waals surface area contributed by atoms with Crippen LogP contribution in [0.4, 0.5) is 5.69 Å². The lowest BCUT2D eigenvalue weighted by Crippen LogP contribution is -2.12. The topological polar surface area (TPSA) is 34.1 Å². The fourth-order valence-electron chi connectivity index (χ4n) is 1.80. The summed E-state index contributed by atoms with van der Waals surface area (Å²) in [6, 6.07) is 8.00. The number of ether oxygens (including phenoxy) is 1. The lowest BCUT2D eigenvalue weighted by Gasteiger charge is -2.14. The summed E-state index contributed by atoms with van der Waals surface area (Å²) >= 11 is 1.70. The van der Waals surface area contributed by atoms with E-state index in [0.29, 0.717) is 6.61 Å². The Bertz CT molecular complexity index is 558. The molecule has 1 N–H and O–H groups in total. The molecule has 0 aliphatic carbocycles. The van der Waals surface area contributed by atoms with E-state index in [2.05, 4.69) is 36.5 Å². The zero-order valence-electron chi connectivity index (χ0n) is 12.6.